The van der Waals surface area contributed by atoms with Crippen molar-refractivity contribution in [1.82, 2.24) is 10.6 Å². The van der Waals surface area contributed by atoms with E-state index in [1.54, 1.807) is 0 Å². The topological polar surface area (TPSA) is 24.1 Å². The molecule has 0 saturated heterocycles. The van der Waals surface area contributed by atoms with Crippen LogP contribution in [0.15, 0.2) is 12.1 Å². The Kier molecular flexibility index (Phi) is 4.72. The Labute approximate surface area is 106 Å². The van der Waals surface area contributed by atoms with Crippen molar-refractivity contribution < 1.29 is 0 Å². The predicted molar refractivity (Wildman–Crippen MR) is 75.5 cm³/mol. The second-order valence-electron chi connectivity index (χ2n) is 5.53. The zero-order valence-electron chi connectivity index (χ0n) is 12.1. The van der Waals surface area contributed by atoms with E-state index in [9.17, 15) is 0 Å². The number of hydrogen-bond donors (Lipinski definition) is 2. The molecule has 0 fully saturated rings. The summed E-state index contributed by atoms with van der Waals surface area (Å²) < 4.78 is 0. The molecule has 0 radical (unpaired) electrons. The Morgan fingerprint density at radius 2 is 1.71 bits per heavy atom. The fourth-order valence-corrected chi connectivity index (χ4v) is 1.80. The second-order valence-corrected chi connectivity index (χ2v) is 5.53. The molecule has 0 spiro atoms. The summed E-state index contributed by atoms with van der Waals surface area (Å²) in [5.41, 5.74) is 5.76. The Hall–Kier alpha value is -0.860. The van der Waals surface area contributed by atoms with Crippen LogP contribution in [0.3, 0.4) is 0 Å². The van der Waals surface area contributed by atoms with E-state index in [4.69, 9.17) is 0 Å². The summed E-state index contributed by atoms with van der Waals surface area (Å²) in [7, 11) is 2.00. The molecule has 0 saturated carbocycles. The first-order chi connectivity index (χ1) is 7.87. The van der Waals surface area contributed by atoms with Crippen molar-refractivity contribution in [3.63, 3.8) is 0 Å². The molecule has 1 aromatic rings. The minimum atomic E-state index is 0.146. The third-order valence-corrected chi connectivity index (χ3v) is 3.73. The molecule has 96 valence electrons. The van der Waals surface area contributed by atoms with E-state index in [2.05, 4.69) is 57.4 Å². The molecule has 2 heteroatoms. The lowest BCUT2D eigenvalue weighted by Crippen LogP contribution is -2.45. The van der Waals surface area contributed by atoms with Gasteiger partial charge in [-0.3, -0.25) is 0 Å². The molecule has 0 atom stereocenters. The van der Waals surface area contributed by atoms with Crippen LogP contribution in [-0.4, -0.2) is 19.1 Å². The smallest absolute Gasteiger partial charge is 0.0246 e. The summed E-state index contributed by atoms with van der Waals surface area (Å²) in [6.07, 6.45) is 0. The van der Waals surface area contributed by atoms with Gasteiger partial charge in [-0.05, 0) is 63.9 Å². The Balaban J connectivity index is 2.62. The first-order valence-corrected chi connectivity index (χ1v) is 6.32. The molecule has 0 aliphatic rings. The summed E-state index contributed by atoms with van der Waals surface area (Å²) in [4.78, 5) is 0. The number of benzene rings is 1. The lowest BCUT2D eigenvalue weighted by Gasteiger charge is -2.24. The van der Waals surface area contributed by atoms with Crippen LogP contribution in [0, 0.1) is 20.8 Å². The number of aryl methyl sites for hydroxylation is 1. The van der Waals surface area contributed by atoms with Crippen molar-refractivity contribution in [2.75, 3.05) is 13.6 Å². The largest absolute Gasteiger partial charge is 0.314 e. The van der Waals surface area contributed by atoms with Gasteiger partial charge in [0.15, 0.2) is 0 Å². The van der Waals surface area contributed by atoms with Crippen molar-refractivity contribution in [2.45, 2.75) is 46.7 Å². The lowest BCUT2D eigenvalue weighted by molar-refractivity contribution is 0.393. The zero-order valence-corrected chi connectivity index (χ0v) is 12.1. The molecule has 2 N–H and O–H groups in total. The molecular weight excluding hydrogens is 208 g/mol. The van der Waals surface area contributed by atoms with Gasteiger partial charge < -0.3 is 10.6 Å². The van der Waals surface area contributed by atoms with Gasteiger partial charge in [0.1, 0.15) is 0 Å². The van der Waals surface area contributed by atoms with Gasteiger partial charge in [-0.25, -0.2) is 0 Å². The third kappa shape index (κ3) is 3.83. The van der Waals surface area contributed by atoms with Gasteiger partial charge in [-0.1, -0.05) is 12.1 Å². The summed E-state index contributed by atoms with van der Waals surface area (Å²) in [5, 5.41) is 6.82. The fourth-order valence-electron chi connectivity index (χ4n) is 1.80. The maximum atomic E-state index is 3.52. The van der Waals surface area contributed by atoms with E-state index in [0.717, 1.165) is 13.1 Å². The third-order valence-electron chi connectivity index (χ3n) is 3.73. The van der Waals surface area contributed by atoms with Gasteiger partial charge in [0.25, 0.3) is 0 Å². The van der Waals surface area contributed by atoms with Gasteiger partial charge in [-0.15, -0.1) is 0 Å². The van der Waals surface area contributed by atoms with Gasteiger partial charge >= 0.3 is 0 Å². The molecule has 0 aromatic heterocycles. The van der Waals surface area contributed by atoms with Gasteiger partial charge in [-0.2, -0.15) is 0 Å². The van der Waals surface area contributed by atoms with E-state index in [-0.39, 0.29) is 5.54 Å². The molecule has 17 heavy (non-hydrogen) atoms. The lowest BCUT2D eigenvalue weighted by atomic mass is 9.98. The second kappa shape index (κ2) is 5.65. The predicted octanol–water partition coefficient (Wildman–Crippen LogP) is 2.70. The number of rotatable bonds is 5. The quantitative estimate of drug-likeness (QED) is 0.818. The maximum Gasteiger partial charge on any atom is 0.0246 e. The van der Waals surface area contributed by atoms with Crippen molar-refractivity contribution >= 4 is 0 Å². The molecule has 0 bridgehead atoms. The molecule has 0 amide bonds. The average molecular weight is 234 g/mol. The minimum absolute atomic E-state index is 0.146. The number of hydrogen-bond acceptors (Lipinski definition) is 2. The Bertz CT molecular complexity index is 381. The van der Waals surface area contributed by atoms with Gasteiger partial charge in [0.05, 0.1) is 0 Å². The normalized spacial score (nSPS) is 11.9. The monoisotopic (exact) mass is 234 g/mol. The van der Waals surface area contributed by atoms with Crippen molar-refractivity contribution in [3.8, 4) is 0 Å². The highest BCUT2D eigenvalue weighted by atomic mass is 15.0. The van der Waals surface area contributed by atoms with Crippen molar-refractivity contribution in [1.29, 1.82) is 0 Å². The van der Waals surface area contributed by atoms with Crippen LogP contribution in [0.1, 0.15) is 36.1 Å². The summed E-state index contributed by atoms with van der Waals surface area (Å²) in [5.74, 6) is 0. The van der Waals surface area contributed by atoms with E-state index in [1.165, 1.54) is 22.3 Å². The molecule has 0 aliphatic heterocycles. The Morgan fingerprint density at radius 1 is 1.06 bits per heavy atom. The summed E-state index contributed by atoms with van der Waals surface area (Å²) >= 11 is 0. The van der Waals surface area contributed by atoms with Crippen LogP contribution in [0.5, 0.6) is 0 Å². The van der Waals surface area contributed by atoms with Crippen molar-refractivity contribution in [2.24, 2.45) is 0 Å². The number of likely N-dealkylation sites (N-methyl/N-ethyl adjacent to an activating group) is 1. The zero-order chi connectivity index (χ0) is 13.1. The fraction of sp³-hybridized carbons (Fsp3) is 0.600. The Morgan fingerprint density at radius 3 is 2.29 bits per heavy atom. The highest BCUT2D eigenvalue weighted by Gasteiger charge is 2.13. The van der Waals surface area contributed by atoms with E-state index >= 15 is 0 Å². The molecule has 0 unspecified atom stereocenters. The maximum absolute atomic E-state index is 3.52. The molecule has 2 nitrogen and oxygen atoms in total. The molecule has 1 rings (SSSR count). The van der Waals surface area contributed by atoms with Crippen LogP contribution >= 0.6 is 0 Å². The highest BCUT2D eigenvalue weighted by molar-refractivity contribution is 5.38. The van der Waals surface area contributed by atoms with E-state index in [0.29, 0.717) is 0 Å². The molecular formula is C15H26N2. The van der Waals surface area contributed by atoms with Crippen LogP contribution in [-0.2, 0) is 6.54 Å². The summed E-state index contributed by atoms with van der Waals surface area (Å²) in [6.45, 7) is 12.9. The summed E-state index contributed by atoms with van der Waals surface area (Å²) in [6, 6.07) is 4.44. The van der Waals surface area contributed by atoms with Crippen LogP contribution in [0.4, 0.5) is 0 Å². The molecule has 1 aromatic carbocycles. The molecule has 0 heterocycles. The standard InChI is InChI=1S/C15H26N2/c1-11-7-8-14(13(3)12(11)2)9-17-10-15(4,5)16-6/h7-8,16-17H,9-10H2,1-6H3. The van der Waals surface area contributed by atoms with E-state index < -0.39 is 0 Å². The molecule has 0 aliphatic carbocycles. The van der Waals surface area contributed by atoms with Crippen LogP contribution < -0.4 is 10.6 Å². The first-order valence-electron chi connectivity index (χ1n) is 6.32. The average Bonchev–Trinajstić information content (AvgIpc) is 2.29. The van der Waals surface area contributed by atoms with Crippen LogP contribution in [0.25, 0.3) is 0 Å². The van der Waals surface area contributed by atoms with E-state index in [1.807, 2.05) is 7.05 Å². The minimum Gasteiger partial charge on any atom is -0.314 e. The first kappa shape index (κ1) is 14.2. The van der Waals surface area contributed by atoms with Crippen LogP contribution in [0.2, 0.25) is 0 Å². The van der Waals surface area contributed by atoms with Gasteiger partial charge in [0, 0.05) is 18.6 Å². The SMILES string of the molecule is CNC(C)(C)CNCc1ccc(C)c(C)c1C. The highest BCUT2D eigenvalue weighted by Crippen LogP contribution is 2.16. The van der Waals surface area contributed by atoms with Crippen molar-refractivity contribution in [3.05, 3.63) is 34.4 Å². The van der Waals surface area contributed by atoms with Gasteiger partial charge in [0.2, 0.25) is 0 Å². The number of nitrogens with one attached hydrogen (secondary N) is 2.